The molecule has 0 aromatic heterocycles. The van der Waals surface area contributed by atoms with Gasteiger partial charge < -0.3 is 10.4 Å². The maximum absolute atomic E-state index is 12.1. The normalized spacial score (nSPS) is 12.0. The number of anilines is 1. The van der Waals surface area contributed by atoms with Crippen molar-refractivity contribution in [1.82, 2.24) is 0 Å². The quantitative estimate of drug-likeness (QED) is 0.889. The van der Waals surface area contributed by atoms with Crippen molar-refractivity contribution in [3.05, 3.63) is 63.6 Å². The van der Waals surface area contributed by atoms with Crippen LogP contribution in [0.15, 0.2) is 46.9 Å². The van der Waals surface area contributed by atoms with Gasteiger partial charge in [0.15, 0.2) is 0 Å². The van der Waals surface area contributed by atoms with Crippen molar-refractivity contribution in [3.63, 3.8) is 0 Å². The predicted molar refractivity (Wildman–Crippen MR) is 83.9 cm³/mol. The van der Waals surface area contributed by atoms with Gasteiger partial charge in [0.2, 0.25) is 0 Å². The number of hydrogen-bond donors (Lipinski definition) is 2. The molecule has 20 heavy (non-hydrogen) atoms. The zero-order chi connectivity index (χ0) is 14.7. The lowest BCUT2D eigenvalue weighted by molar-refractivity contribution is 0.102. The van der Waals surface area contributed by atoms with Gasteiger partial charge in [0.25, 0.3) is 5.91 Å². The van der Waals surface area contributed by atoms with Crippen molar-refractivity contribution >= 4 is 27.5 Å². The van der Waals surface area contributed by atoms with Gasteiger partial charge >= 0.3 is 0 Å². The SMILES string of the molecule is Cc1ccc(C(=O)Nc2ccc([C@@H](C)O)cc2)cc1Br. The van der Waals surface area contributed by atoms with E-state index in [1.54, 1.807) is 43.3 Å². The van der Waals surface area contributed by atoms with Crippen LogP contribution in [0.1, 0.15) is 34.5 Å². The average molecular weight is 334 g/mol. The largest absolute Gasteiger partial charge is 0.389 e. The number of rotatable bonds is 3. The van der Waals surface area contributed by atoms with E-state index in [1.165, 1.54) is 0 Å². The summed E-state index contributed by atoms with van der Waals surface area (Å²) < 4.78 is 0.912. The van der Waals surface area contributed by atoms with E-state index in [4.69, 9.17) is 0 Å². The Morgan fingerprint density at radius 3 is 2.40 bits per heavy atom. The summed E-state index contributed by atoms with van der Waals surface area (Å²) in [4.78, 5) is 12.1. The Hall–Kier alpha value is -1.65. The van der Waals surface area contributed by atoms with Crippen molar-refractivity contribution in [1.29, 1.82) is 0 Å². The number of nitrogens with one attached hydrogen (secondary N) is 1. The number of carbonyl (C=O) groups is 1. The molecule has 2 aromatic rings. The topological polar surface area (TPSA) is 49.3 Å². The molecule has 0 spiro atoms. The first-order chi connectivity index (χ1) is 9.47. The number of aliphatic hydroxyl groups is 1. The molecule has 4 heteroatoms. The standard InChI is InChI=1S/C16H16BrNO2/c1-10-3-4-13(9-15(10)17)16(20)18-14-7-5-12(6-8-14)11(2)19/h3-9,11,19H,1-2H3,(H,18,20)/t11-/m1/s1. The molecule has 3 nitrogen and oxygen atoms in total. The first kappa shape index (κ1) is 14.8. The molecule has 0 saturated carbocycles. The molecule has 0 aliphatic heterocycles. The van der Waals surface area contributed by atoms with Crippen LogP contribution in [-0.4, -0.2) is 11.0 Å². The van der Waals surface area contributed by atoms with E-state index < -0.39 is 6.10 Å². The fourth-order valence-electron chi connectivity index (χ4n) is 1.78. The Kier molecular flexibility index (Phi) is 4.57. The molecule has 0 unspecified atom stereocenters. The number of halogens is 1. The summed E-state index contributed by atoms with van der Waals surface area (Å²) in [6.45, 7) is 3.68. The predicted octanol–water partition coefficient (Wildman–Crippen LogP) is 4.06. The van der Waals surface area contributed by atoms with E-state index >= 15 is 0 Å². The minimum atomic E-state index is -0.507. The van der Waals surface area contributed by atoms with Gasteiger partial charge in [-0.2, -0.15) is 0 Å². The minimum Gasteiger partial charge on any atom is -0.389 e. The van der Waals surface area contributed by atoms with Crippen LogP contribution in [0, 0.1) is 6.92 Å². The van der Waals surface area contributed by atoms with E-state index in [9.17, 15) is 9.90 Å². The molecule has 104 valence electrons. The van der Waals surface area contributed by atoms with Crippen LogP contribution in [0.2, 0.25) is 0 Å². The number of amides is 1. The lowest BCUT2D eigenvalue weighted by Crippen LogP contribution is -2.12. The summed E-state index contributed by atoms with van der Waals surface area (Å²) in [6.07, 6.45) is -0.507. The van der Waals surface area contributed by atoms with Crippen LogP contribution < -0.4 is 5.32 Å². The molecule has 0 aliphatic carbocycles. The van der Waals surface area contributed by atoms with Crippen LogP contribution in [0.5, 0.6) is 0 Å². The number of aliphatic hydroxyl groups excluding tert-OH is 1. The molecular formula is C16H16BrNO2. The van der Waals surface area contributed by atoms with E-state index in [0.717, 1.165) is 15.6 Å². The zero-order valence-electron chi connectivity index (χ0n) is 11.4. The highest BCUT2D eigenvalue weighted by Gasteiger charge is 2.08. The zero-order valence-corrected chi connectivity index (χ0v) is 12.9. The summed E-state index contributed by atoms with van der Waals surface area (Å²) in [7, 11) is 0. The molecule has 0 fully saturated rings. The first-order valence-corrected chi connectivity index (χ1v) is 7.12. The van der Waals surface area contributed by atoms with E-state index in [1.807, 2.05) is 13.0 Å². The summed E-state index contributed by atoms with van der Waals surface area (Å²) in [5, 5.41) is 12.3. The van der Waals surface area contributed by atoms with Crippen LogP contribution in [-0.2, 0) is 0 Å². The highest BCUT2D eigenvalue weighted by molar-refractivity contribution is 9.10. The van der Waals surface area contributed by atoms with E-state index in [-0.39, 0.29) is 5.91 Å². The molecule has 2 rings (SSSR count). The number of carbonyl (C=O) groups excluding carboxylic acids is 1. The molecule has 0 radical (unpaired) electrons. The highest BCUT2D eigenvalue weighted by Crippen LogP contribution is 2.19. The molecule has 0 aliphatic rings. The monoisotopic (exact) mass is 333 g/mol. The Bertz CT molecular complexity index is 621. The van der Waals surface area contributed by atoms with Gasteiger partial charge in [-0.3, -0.25) is 4.79 Å². The Morgan fingerprint density at radius 2 is 1.85 bits per heavy atom. The summed E-state index contributed by atoms with van der Waals surface area (Å²) in [5.74, 6) is -0.157. The molecule has 0 saturated heterocycles. The van der Waals surface area contributed by atoms with Crippen LogP contribution in [0.3, 0.4) is 0 Å². The first-order valence-electron chi connectivity index (χ1n) is 6.33. The average Bonchev–Trinajstić information content (AvgIpc) is 2.42. The fraction of sp³-hybridized carbons (Fsp3) is 0.188. The second-order valence-electron chi connectivity index (χ2n) is 4.72. The Balaban J connectivity index is 2.12. The second-order valence-corrected chi connectivity index (χ2v) is 5.57. The van der Waals surface area contributed by atoms with Crippen LogP contribution in [0.25, 0.3) is 0 Å². The van der Waals surface area contributed by atoms with Gasteiger partial charge in [0.1, 0.15) is 0 Å². The third-order valence-corrected chi connectivity index (χ3v) is 3.94. The van der Waals surface area contributed by atoms with Crippen molar-refractivity contribution in [2.75, 3.05) is 5.32 Å². The Morgan fingerprint density at radius 1 is 1.20 bits per heavy atom. The molecule has 1 amide bonds. The van der Waals surface area contributed by atoms with Crippen LogP contribution >= 0.6 is 15.9 Å². The molecule has 0 bridgehead atoms. The van der Waals surface area contributed by atoms with Gasteiger partial charge in [0.05, 0.1) is 6.10 Å². The smallest absolute Gasteiger partial charge is 0.255 e. The minimum absolute atomic E-state index is 0.157. The summed E-state index contributed by atoms with van der Waals surface area (Å²) >= 11 is 3.42. The maximum Gasteiger partial charge on any atom is 0.255 e. The maximum atomic E-state index is 12.1. The Labute approximate surface area is 126 Å². The molecule has 2 N–H and O–H groups in total. The second kappa shape index (κ2) is 6.20. The van der Waals surface area contributed by atoms with E-state index in [2.05, 4.69) is 21.2 Å². The van der Waals surface area contributed by atoms with E-state index in [0.29, 0.717) is 11.3 Å². The molecule has 0 heterocycles. The third-order valence-electron chi connectivity index (χ3n) is 3.08. The molecular weight excluding hydrogens is 318 g/mol. The third kappa shape index (κ3) is 3.46. The lowest BCUT2D eigenvalue weighted by Gasteiger charge is -2.09. The number of hydrogen-bond acceptors (Lipinski definition) is 2. The van der Waals surface area contributed by atoms with Crippen molar-refractivity contribution in [2.24, 2.45) is 0 Å². The fourth-order valence-corrected chi connectivity index (χ4v) is 2.16. The van der Waals surface area contributed by atoms with Crippen molar-refractivity contribution < 1.29 is 9.90 Å². The molecule has 2 aromatic carbocycles. The van der Waals surface area contributed by atoms with Gasteiger partial charge in [-0.1, -0.05) is 34.1 Å². The van der Waals surface area contributed by atoms with Gasteiger partial charge in [-0.25, -0.2) is 0 Å². The van der Waals surface area contributed by atoms with Gasteiger partial charge in [-0.15, -0.1) is 0 Å². The van der Waals surface area contributed by atoms with Gasteiger partial charge in [-0.05, 0) is 49.2 Å². The van der Waals surface area contributed by atoms with Crippen LogP contribution in [0.4, 0.5) is 5.69 Å². The van der Waals surface area contributed by atoms with Crippen molar-refractivity contribution in [3.8, 4) is 0 Å². The lowest BCUT2D eigenvalue weighted by atomic mass is 10.1. The summed E-state index contributed by atoms with van der Waals surface area (Å²) in [6, 6.07) is 12.6. The number of benzene rings is 2. The summed E-state index contributed by atoms with van der Waals surface area (Å²) in [5.41, 5.74) is 3.21. The number of aryl methyl sites for hydroxylation is 1. The molecule has 1 atom stereocenters. The highest BCUT2D eigenvalue weighted by atomic mass is 79.9. The van der Waals surface area contributed by atoms with Gasteiger partial charge in [0, 0.05) is 15.7 Å². The van der Waals surface area contributed by atoms with Crippen molar-refractivity contribution in [2.45, 2.75) is 20.0 Å².